The quantitative estimate of drug-likeness (QED) is 0.915. The molecule has 1 N–H and O–H groups in total. The van der Waals surface area contributed by atoms with Crippen molar-refractivity contribution in [3.63, 3.8) is 0 Å². The molecule has 0 radical (unpaired) electrons. The zero-order valence-corrected chi connectivity index (χ0v) is 13.6. The summed E-state index contributed by atoms with van der Waals surface area (Å²) in [5.41, 5.74) is 3.88. The van der Waals surface area contributed by atoms with Gasteiger partial charge in [-0.25, -0.2) is 4.79 Å². The Kier molecular flexibility index (Phi) is 3.89. The van der Waals surface area contributed by atoms with Gasteiger partial charge in [-0.15, -0.1) is 0 Å². The summed E-state index contributed by atoms with van der Waals surface area (Å²) in [6.45, 7) is 3.16. The van der Waals surface area contributed by atoms with E-state index in [-0.39, 0.29) is 0 Å². The van der Waals surface area contributed by atoms with E-state index in [9.17, 15) is 9.90 Å². The molecule has 2 aliphatic heterocycles. The maximum Gasteiger partial charge on any atom is 0.407 e. The minimum Gasteiger partial charge on any atom is -0.465 e. The molecule has 2 aromatic rings. The van der Waals surface area contributed by atoms with Gasteiger partial charge in [0.2, 0.25) is 0 Å². The molecule has 2 aromatic carbocycles. The van der Waals surface area contributed by atoms with Gasteiger partial charge in [-0.2, -0.15) is 0 Å². The highest BCUT2D eigenvalue weighted by Crippen LogP contribution is 2.42. The number of amides is 1. The minimum absolute atomic E-state index is 0.318. The lowest BCUT2D eigenvalue weighted by atomic mass is 9.87. The Labute approximate surface area is 142 Å². The fourth-order valence-electron chi connectivity index (χ4n) is 4.17. The number of carbonyl (C=O) groups is 1. The van der Waals surface area contributed by atoms with Gasteiger partial charge < -0.3 is 14.9 Å². The van der Waals surface area contributed by atoms with Gasteiger partial charge in [0.15, 0.2) is 0 Å². The number of fused-ring (bicyclic) bond motifs is 3. The zero-order chi connectivity index (χ0) is 16.5. The Morgan fingerprint density at radius 2 is 1.79 bits per heavy atom. The van der Waals surface area contributed by atoms with Gasteiger partial charge in [0.1, 0.15) is 0 Å². The molecule has 24 heavy (non-hydrogen) atoms. The molecule has 0 unspecified atom stereocenters. The number of hydrogen-bond donors (Lipinski definition) is 1. The third-order valence-electron chi connectivity index (χ3n) is 5.37. The van der Waals surface area contributed by atoms with Crippen LogP contribution in [0.4, 0.5) is 10.5 Å². The van der Waals surface area contributed by atoms with E-state index in [0.717, 1.165) is 19.5 Å². The number of hydrogen-bond acceptors (Lipinski definition) is 2. The highest BCUT2D eigenvalue weighted by atomic mass is 16.4. The van der Waals surface area contributed by atoms with Crippen LogP contribution in [0, 0.1) is 5.92 Å². The molecular formula is C20H22N2O2. The monoisotopic (exact) mass is 322 g/mol. The van der Waals surface area contributed by atoms with Crippen LogP contribution in [-0.2, 0) is 6.54 Å². The van der Waals surface area contributed by atoms with Gasteiger partial charge in [0, 0.05) is 37.8 Å². The summed E-state index contributed by atoms with van der Waals surface area (Å²) in [6, 6.07) is 19.1. The molecule has 0 aromatic heterocycles. The van der Waals surface area contributed by atoms with Crippen molar-refractivity contribution in [2.75, 3.05) is 24.5 Å². The van der Waals surface area contributed by atoms with Crippen molar-refractivity contribution in [2.45, 2.75) is 18.9 Å². The summed E-state index contributed by atoms with van der Waals surface area (Å²) in [6.07, 6.45) is 0.248. The molecule has 2 heterocycles. The summed E-state index contributed by atoms with van der Waals surface area (Å²) in [7, 11) is 0. The van der Waals surface area contributed by atoms with Crippen molar-refractivity contribution < 1.29 is 9.90 Å². The molecule has 0 saturated carbocycles. The number of para-hydroxylation sites is 1. The van der Waals surface area contributed by atoms with E-state index in [1.54, 1.807) is 4.90 Å². The third kappa shape index (κ3) is 2.73. The van der Waals surface area contributed by atoms with Gasteiger partial charge in [0.25, 0.3) is 0 Å². The van der Waals surface area contributed by atoms with E-state index >= 15 is 0 Å². The molecule has 4 heteroatoms. The molecular weight excluding hydrogens is 300 g/mol. The standard InChI is InChI=1S/C20H22N2O2/c23-20(24)22-13-16-10-11-21(12-15-6-2-1-3-7-15)19-9-5-4-8-17(19)18(16)14-22/h1-9,16,18H,10-14H2,(H,23,24)/t16-,18-/m1/s1. The molecule has 0 bridgehead atoms. The van der Waals surface area contributed by atoms with Crippen molar-refractivity contribution in [1.29, 1.82) is 0 Å². The van der Waals surface area contributed by atoms with Crippen LogP contribution in [0.2, 0.25) is 0 Å². The topological polar surface area (TPSA) is 43.8 Å². The molecule has 2 atom stereocenters. The second kappa shape index (κ2) is 6.19. The van der Waals surface area contributed by atoms with Crippen molar-refractivity contribution in [1.82, 2.24) is 4.90 Å². The molecule has 0 spiro atoms. The Hall–Kier alpha value is -2.49. The highest BCUT2D eigenvalue weighted by Gasteiger charge is 2.39. The van der Waals surface area contributed by atoms with Crippen LogP contribution >= 0.6 is 0 Å². The van der Waals surface area contributed by atoms with E-state index in [2.05, 4.69) is 53.4 Å². The van der Waals surface area contributed by atoms with E-state index in [0.29, 0.717) is 24.9 Å². The lowest BCUT2D eigenvalue weighted by Gasteiger charge is -2.26. The Morgan fingerprint density at radius 1 is 1.04 bits per heavy atom. The van der Waals surface area contributed by atoms with Crippen molar-refractivity contribution in [3.05, 3.63) is 65.7 Å². The second-order valence-electron chi connectivity index (χ2n) is 6.81. The lowest BCUT2D eigenvalue weighted by Crippen LogP contribution is -2.29. The van der Waals surface area contributed by atoms with Gasteiger partial charge >= 0.3 is 6.09 Å². The van der Waals surface area contributed by atoms with Crippen LogP contribution in [0.5, 0.6) is 0 Å². The van der Waals surface area contributed by atoms with Crippen molar-refractivity contribution in [3.8, 4) is 0 Å². The maximum absolute atomic E-state index is 11.4. The number of nitrogens with zero attached hydrogens (tertiary/aromatic N) is 2. The van der Waals surface area contributed by atoms with Gasteiger partial charge in [-0.1, -0.05) is 48.5 Å². The Bertz CT molecular complexity index is 731. The first-order chi connectivity index (χ1) is 11.7. The Balaban J connectivity index is 1.65. The minimum atomic E-state index is -0.790. The maximum atomic E-state index is 11.4. The summed E-state index contributed by atoms with van der Waals surface area (Å²) in [5, 5.41) is 9.34. The van der Waals surface area contributed by atoms with Crippen LogP contribution in [0.3, 0.4) is 0 Å². The molecule has 4 nitrogen and oxygen atoms in total. The largest absolute Gasteiger partial charge is 0.465 e. The molecule has 124 valence electrons. The molecule has 1 fully saturated rings. The fraction of sp³-hybridized carbons (Fsp3) is 0.350. The van der Waals surface area contributed by atoms with E-state index < -0.39 is 6.09 Å². The smallest absolute Gasteiger partial charge is 0.407 e. The fourth-order valence-corrected chi connectivity index (χ4v) is 4.17. The SMILES string of the molecule is O=C(O)N1C[C@H]2CCN(Cc3ccccc3)c3ccccc3[C@@H]2C1. The number of likely N-dealkylation sites (tertiary alicyclic amines) is 1. The molecule has 1 saturated heterocycles. The molecule has 1 amide bonds. The number of carboxylic acid groups (broad SMARTS) is 1. The van der Waals surface area contributed by atoms with Crippen LogP contribution in [0.1, 0.15) is 23.5 Å². The summed E-state index contributed by atoms with van der Waals surface area (Å²) in [5.74, 6) is 0.737. The number of anilines is 1. The number of benzene rings is 2. The molecule has 0 aliphatic carbocycles. The van der Waals surface area contributed by atoms with Crippen molar-refractivity contribution >= 4 is 11.8 Å². The van der Waals surface area contributed by atoms with Crippen molar-refractivity contribution in [2.24, 2.45) is 5.92 Å². The Morgan fingerprint density at radius 3 is 2.58 bits per heavy atom. The van der Waals surface area contributed by atoms with Crippen LogP contribution in [-0.4, -0.2) is 35.7 Å². The highest BCUT2D eigenvalue weighted by molar-refractivity contribution is 5.66. The van der Waals surface area contributed by atoms with E-state index in [1.807, 2.05) is 6.07 Å². The van der Waals surface area contributed by atoms with Gasteiger partial charge in [-0.3, -0.25) is 0 Å². The molecule has 4 rings (SSSR count). The summed E-state index contributed by atoms with van der Waals surface area (Å²) < 4.78 is 0. The molecule has 2 aliphatic rings. The summed E-state index contributed by atoms with van der Waals surface area (Å²) in [4.78, 5) is 15.4. The average molecular weight is 322 g/mol. The van der Waals surface area contributed by atoms with Crippen LogP contribution in [0.25, 0.3) is 0 Å². The normalized spacial score (nSPS) is 22.7. The number of rotatable bonds is 2. The first-order valence-corrected chi connectivity index (χ1v) is 8.58. The summed E-state index contributed by atoms with van der Waals surface area (Å²) >= 11 is 0. The second-order valence-corrected chi connectivity index (χ2v) is 6.81. The third-order valence-corrected chi connectivity index (χ3v) is 5.37. The zero-order valence-electron chi connectivity index (χ0n) is 13.6. The van der Waals surface area contributed by atoms with Crippen LogP contribution < -0.4 is 4.90 Å². The van der Waals surface area contributed by atoms with E-state index in [4.69, 9.17) is 0 Å². The van der Waals surface area contributed by atoms with E-state index in [1.165, 1.54) is 16.8 Å². The van der Waals surface area contributed by atoms with Gasteiger partial charge in [0.05, 0.1) is 0 Å². The first-order valence-electron chi connectivity index (χ1n) is 8.58. The van der Waals surface area contributed by atoms with Crippen LogP contribution in [0.15, 0.2) is 54.6 Å². The lowest BCUT2D eigenvalue weighted by molar-refractivity contribution is 0.153. The predicted octanol–water partition coefficient (Wildman–Crippen LogP) is 3.79. The average Bonchev–Trinajstić information content (AvgIpc) is 2.98. The van der Waals surface area contributed by atoms with Gasteiger partial charge in [-0.05, 0) is 29.5 Å². The predicted molar refractivity (Wildman–Crippen MR) is 94.4 cm³/mol. The first kappa shape index (κ1) is 15.1.